The molecule has 2 aliphatic rings. The van der Waals surface area contributed by atoms with E-state index in [0.29, 0.717) is 0 Å². The lowest BCUT2D eigenvalue weighted by Crippen LogP contribution is -2.06. The van der Waals surface area contributed by atoms with Gasteiger partial charge >= 0.3 is 0 Å². The first kappa shape index (κ1) is 9.23. The number of rotatable bonds is 1. The minimum atomic E-state index is 1.08. The molecule has 0 fully saturated rings. The Hall–Kier alpha value is -1.33. The van der Waals surface area contributed by atoms with Crippen molar-refractivity contribution in [3.63, 3.8) is 0 Å². The average molecular weight is 185 g/mol. The first-order valence-corrected chi connectivity index (χ1v) is 5.12. The molecule has 0 saturated heterocycles. The molecule has 0 aromatic heterocycles. The monoisotopic (exact) mass is 185 g/mol. The van der Waals surface area contributed by atoms with E-state index in [1.54, 1.807) is 0 Å². The standard InChI is InChI=1S/C13H15N/c1-3-4-11-6-8-13-12(9-11)7-5-10(2)14-13/h4,9H,1,5-8H2,2H3. The van der Waals surface area contributed by atoms with Gasteiger partial charge in [0.1, 0.15) is 0 Å². The molecule has 2 rings (SSSR count). The molecule has 14 heavy (non-hydrogen) atoms. The Morgan fingerprint density at radius 3 is 3.00 bits per heavy atom. The van der Waals surface area contributed by atoms with Crippen molar-refractivity contribution in [3.8, 4) is 0 Å². The van der Waals surface area contributed by atoms with Crippen molar-refractivity contribution in [1.82, 2.24) is 0 Å². The van der Waals surface area contributed by atoms with Crippen LogP contribution in [-0.2, 0) is 0 Å². The Bertz CT molecular complexity index is 387. The Kier molecular flexibility index (Phi) is 2.51. The Morgan fingerprint density at radius 2 is 2.21 bits per heavy atom. The molecule has 0 saturated carbocycles. The predicted octanol–water partition coefficient (Wildman–Crippen LogP) is 3.56. The fraction of sp³-hybridized carbons (Fsp3) is 0.385. The summed E-state index contributed by atoms with van der Waals surface area (Å²) < 4.78 is 0. The van der Waals surface area contributed by atoms with Gasteiger partial charge in [-0.15, -0.1) is 5.73 Å². The molecule has 0 aromatic carbocycles. The van der Waals surface area contributed by atoms with Gasteiger partial charge in [0.2, 0.25) is 0 Å². The molecule has 0 radical (unpaired) electrons. The smallest absolute Gasteiger partial charge is 0.0438 e. The molecule has 0 aromatic rings. The number of aliphatic imine (C=N–C) groups is 1. The molecule has 0 bridgehead atoms. The van der Waals surface area contributed by atoms with Crippen LogP contribution in [-0.4, -0.2) is 5.71 Å². The van der Waals surface area contributed by atoms with Crippen LogP contribution in [0.2, 0.25) is 0 Å². The van der Waals surface area contributed by atoms with Crippen molar-refractivity contribution in [1.29, 1.82) is 0 Å². The van der Waals surface area contributed by atoms with Crippen LogP contribution in [0.1, 0.15) is 32.6 Å². The van der Waals surface area contributed by atoms with Crippen molar-refractivity contribution < 1.29 is 0 Å². The van der Waals surface area contributed by atoms with Gasteiger partial charge in [-0.1, -0.05) is 12.7 Å². The van der Waals surface area contributed by atoms with Crippen molar-refractivity contribution in [2.45, 2.75) is 32.6 Å². The Morgan fingerprint density at radius 1 is 1.36 bits per heavy atom. The van der Waals surface area contributed by atoms with Crippen LogP contribution in [0.4, 0.5) is 0 Å². The average Bonchev–Trinajstić information content (AvgIpc) is 2.19. The first-order chi connectivity index (χ1) is 6.79. The molecule has 0 N–H and O–H groups in total. The van der Waals surface area contributed by atoms with Gasteiger partial charge in [0.05, 0.1) is 0 Å². The second kappa shape index (κ2) is 3.81. The predicted molar refractivity (Wildman–Crippen MR) is 60.4 cm³/mol. The van der Waals surface area contributed by atoms with E-state index in [2.05, 4.69) is 30.3 Å². The minimum Gasteiger partial charge on any atom is -0.262 e. The summed E-state index contributed by atoms with van der Waals surface area (Å²) in [5, 5.41) is 0. The van der Waals surface area contributed by atoms with Crippen molar-refractivity contribution in [2.75, 3.05) is 0 Å². The molecular weight excluding hydrogens is 170 g/mol. The summed E-state index contributed by atoms with van der Waals surface area (Å²) in [5.74, 6) is 0. The van der Waals surface area contributed by atoms with Gasteiger partial charge in [-0.25, -0.2) is 0 Å². The van der Waals surface area contributed by atoms with Gasteiger partial charge in [-0.2, -0.15) is 0 Å². The highest BCUT2D eigenvalue weighted by molar-refractivity contribution is 5.84. The lowest BCUT2D eigenvalue weighted by atomic mass is 9.91. The molecule has 1 heterocycles. The van der Waals surface area contributed by atoms with Crippen molar-refractivity contribution in [3.05, 3.63) is 41.3 Å². The van der Waals surface area contributed by atoms with E-state index in [4.69, 9.17) is 0 Å². The van der Waals surface area contributed by atoms with Crippen LogP contribution in [0.5, 0.6) is 0 Å². The minimum absolute atomic E-state index is 1.08. The van der Waals surface area contributed by atoms with Crippen molar-refractivity contribution in [2.24, 2.45) is 4.99 Å². The summed E-state index contributed by atoms with van der Waals surface area (Å²) in [6.07, 6.45) is 8.66. The zero-order valence-corrected chi connectivity index (χ0v) is 8.64. The summed E-state index contributed by atoms with van der Waals surface area (Å²) in [6.45, 7) is 5.72. The van der Waals surface area contributed by atoms with Crippen LogP contribution in [0.3, 0.4) is 0 Å². The number of allylic oxidation sites excluding steroid dienone is 5. The number of nitrogens with zero attached hydrogens (tertiary/aromatic N) is 1. The fourth-order valence-electron chi connectivity index (χ4n) is 1.99. The molecule has 0 unspecified atom stereocenters. The molecule has 1 aliphatic heterocycles. The maximum absolute atomic E-state index is 4.60. The maximum atomic E-state index is 4.60. The van der Waals surface area contributed by atoms with E-state index in [-0.39, 0.29) is 0 Å². The van der Waals surface area contributed by atoms with Crippen LogP contribution in [0.15, 0.2) is 46.3 Å². The summed E-state index contributed by atoms with van der Waals surface area (Å²) in [5.41, 5.74) is 8.18. The topological polar surface area (TPSA) is 12.4 Å². The van der Waals surface area contributed by atoms with Gasteiger partial charge in [-0.05, 0) is 49.8 Å². The zero-order valence-electron chi connectivity index (χ0n) is 8.64. The molecular formula is C13H15N. The lowest BCUT2D eigenvalue weighted by Gasteiger charge is -2.20. The molecule has 1 nitrogen and oxygen atoms in total. The van der Waals surface area contributed by atoms with Crippen LogP contribution < -0.4 is 0 Å². The first-order valence-electron chi connectivity index (χ1n) is 5.12. The fourth-order valence-corrected chi connectivity index (χ4v) is 1.99. The molecule has 1 heteroatoms. The third-order valence-electron chi connectivity index (χ3n) is 2.75. The van der Waals surface area contributed by atoms with E-state index in [0.717, 1.165) is 25.7 Å². The molecule has 0 amide bonds. The van der Waals surface area contributed by atoms with E-state index in [1.165, 1.54) is 22.6 Å². The highest BCUT2D eigenvalue weighted by atomic mass is 14.8. The highest BCUT2D eigenvalue weighted by Gasteiger charge is 2.15. The van der Waals surface area contributed by atoms with E-state index in [9.17, 15) is 0 Å². The SMILES string of the molecule is C=C=CC1=CC2=C(CC1)N=C(C)CC2. The zero-order chi connectivity index (χ0) is 9.97. The largest absolute Gasteiger partial charge is 0.262 e. The van der Waals surface area contributed by atoms with E-state index >= 15 is 0 Å². The second-order valence-corrected chi connectivity index (χ2v) is 3.89. The maximum Gasteiger partial charge on any atom is 0.0438 e. The number of hydrogen-bond acceptors (Lipinski definition) is 1. The number of hydrogen-bond donors (Lipinski definition) is 0. The van der Waals surface area contributed by atoms with Gasteiger partial charge in [0.25, 0.3) is 0 Å². The van der Waals surface area contributed by atoms with Crippen LogP contribution in [0, 0.1) is 0 Å². The molecule has 0 spiro atoms. The van der Waals surface area contributed by atoms with E-state index < -0.39 is 0 Å². The summed E-state index contributed by atoms with van der Waals surface area (Å²) in [6, 6.07) is 0. The summed E-state index contributed by atoms with van der Waals surface area (Å²) >= 11 is 0. The second-order valence-electron chi connectivity index (χ2n) is 3.89. The molecule has 0 atom stereocenters. The van der Waals surface area contributed by atoms with Crippen LogP contribution >= 0.6 is 0 Å². The quantitative estimate of drug-likeness (QED) is 0.554. The highest BCUT2D eigenvalue weighted by Crippen LogP contribution is 2.31. The van der Waals surface area contributed by atoms with Crippen LogP contribution in [0.25, 0.3) is 0 Å². The van der Waals surface area contributed by atoms with Gasteiger partial charge in [0.15, 0.2) is 0 Å². The Labute approximate surface area is 85.2 Å². The normalized spacial score (nSPS) is 20.6. The summed E-state index contributed by atoms with van der Waals surface area (Å²) in [7, 11) is 0. The van der Waals surface area contributed by atoms with Gasteiger partial charge in [0, 0.05) is 11.4 Å². The molecule has 72 valence electrons. The third-order valence-corrected chi connectivity index (χ3v) is 2.75. The molecule has 1 aliphatic carbocycles. The van der Waals surface area contributed by atoms with E-state index in [1.807, 2.05) is 6.08 Å². The summed E-state index contributed by atoms with van der Waals surface area (Å²) in [4.78, 5) is 4.60. The van der Waals surface area contributed by atoms with Crippen molar-refractivity contribution >= 4 is 5.71 Å². The van der Waals surface area contributed by atoms with Gasteiger partial charge < -0.3 is 0 Å². The lowest BCUT2D eigenvalue weighted by molar-refractivity contribution is 0.836. The van der Waals surface area contributed by atoms with Gasteiger partial charge in [-0.3, -0.25) is 4.99 Å². The Balaban J connectivity index is 2.32. The third kappa shape index (κ3) is 1.78.